The largest absolute Gasteiger partial charge is 0.463 e. The number of carbonyl (C=O) groups is 6. The number of nitrogens with one attached hydrogen (secondary N) is 3. The number of hydrogen-bond donors (Lipinski definition) is 3. The number of amides is 3. The molecule has 0 spiro atoms. The summed E-state index contributed by atoms with van der Waals surface area (Å²) in [6.45, 7) is 9.18. The lowest BCUT2D eigenvalue weighted by molar-refractivity contribution is -0.279. The van der Waals surface area contributed by atoms with Crippen molar-refractivity contribution in [3.8, 4) is 0 Å². The van der Waals surface area contributed by atoms with Crippen molar-refractivity contribution >= 4 is 35.8 Å². The smallest absolute Gasteiger partial charge is 0.407 e. The predicted octanol–water partition coefficient (Wildman–Crippen LogP) is 1.91. The molecule has 0 aliphatic carbocycles. The van der Waals surface area contributed by atoms with Gasteiger partial charge >= 0.3 is 24.0 Å². The summed E-state index contributed by atoms with van der Waals surface area (Å²) < 4.78 is 38.8. The van der Waals surface area contributed by atoms with E-state index in [1.165, 1.54) is 20.8 Å². The molecule has 280 valence electrons. The molecule has 1 heterocycles. The maximum atomic E-state index is 12.6. The molecule has 1 aliphatic rings. The lowest BCUT2D eigenvalue weighted by Crippen LogP contribution is -2.66. The minimum atomic E-state index is -1.22. The zero-order valence-electron chi connectivity index (χ0n) is 29.6. The van der Waals surface area contributed by atoms with Gasteiger partial charge in [0.05, 0.1) is 19.8 Å². The Morgan fingerprint density at radius 2 is 1.56 bits per heavy atom. The van der Waals surface area contributed by atoms with Gasteiger partial charge < -0.3 is 49.1 Å². The van der Waals surface area contributed by atoms with Crippen LogP contribution in [-0.4, -0.2) is 105 Å². The molecule has 0 bridgehead atoms. The van der Waals surface area contributed by atoms with Crippen LogP contribution in [0.4, 0.5) is 4.79 Å². The Morgan fingerprint density at radius 3 is 2.18 bits per heavy atom. The Bertz CT molecular complexity index is 1250. The van der Waals surface area contributed by atoms with E-state index in [-0.39, 0.29) is 63.9 Å². The Labute approximate surface area is 292 Å². The molecule has 1 aromatic rings. The van der Waals surface area contributed by atoms with E-state index in [0.717, 1.165) is 12.5 Å². The summed E-state index contributed by atoms with van der Waals surface area (Å²) in [6, 6.07) is 8.05. The number of carbonyl (C=O) groups excluding carboxylic acids is 6. The molecule has 16 heteroatoms. The maximum absolute atomic E-state index is 12.6. The van der Waals surface area contributed by atoms with E-state index >= 15 is 0 Å². The van der Waals surface area contributed by atoms with Gasteiger partial charge in [-0.2, -0.15) is 0 Å². The Morgan fingerprint density at radius 1 is 0.880 bits per heavy atom. The lowest BCUT2D eigenvalue weighted by Gasteiger charge is -2.45. The molecule has 7 unspecified atom stereocenters. The third-order valence-electron chi connectivity index (χ3n) is 7.36. The van der Waals surface area contributed by atoms with E-state index in [4.69, 9.17) is 33.2 Å². The molecule has 1 aliphatic heterocycles. The van der Waals surface area contributed by atoms with Crippen LogP contribution in [0.25, 0.3) is 0 Å². The normalized spacial score (nSPS) is 21.1. The molecule has 3 amide bonds. The number of alkyl carbamates (subject to hydrolysis) is 1. The van der Waals surface area contributed by atoms with Gasteiger partial charge in [-0.25, -0.2) is 4.79 Å². The molecule has 1 fully saturated rings. The summed E-state index contributed by atoms with van der Waals surface area (Å²) in [4.78, 5) is 72.1. The molecular formula is C34H51N3O13. The SMILES string of the molecule is CCC(CC(C)COC1OC(COC(C)=O)C(OC(C)=O)C(OC(C)=O)C1NC(C)=O)NC(=O)CCOCCNC(=O)OCc1ccccc1. The van der Waals surface area contributed by atoms with Crippen molar-refractivity contribution in [1.82, 2.24) is 16.0 Å². The Hall–Kier alpha value is -4.28. The van der Waals surface area contributed by atoms with Gasteiger partial charge in [-0.3, -0.25) is 24.0 Å². The van der Waals surface area contributed by atoms with Crippen LogP contribution in [0.1, 0.15) is 66.4 Å². The minimum Gasteiger partial charge on any atom is -0.463 e. The van der Waals surface area contributed by atoms with Gasteiger partial charge in [-0.15, -0.1) is 0 Å². The molecule has 1 saturated heterocycles. The van der Waals surface area contributed by atoms with Crippen LogP contribution >= 0.6 is 0 Å². The third-order valence-corrected chi connectivity index (χ3v) is 7.36. The average molecular weight is 710 g/mol. The summed E-state index contributed by atoms with van der Waals surface area (Å²) in [6.07, 6.45) is -3.94. The summed E-state index contributed by atoms with van der Waals surface area (Å²) >= 11 is 0. The van der Waals surface area contributed by atoms with E-state index < -0.39 is 60.6 Å². The van der Waals surface area contributed by atoms with Gasteiger partial charge in [0.1, 0.15) is 25.4 Å². The highest BCUT2D eigenvalue weighted by molar-refractivity contribution is 5.76. The Kier molecular flexibility index (Phi) is 18.8. The van der Waals surface area contributed by atoms with Crippen LogP contribution < -0.4 is 16.0 Å². The standard InChI is InChI=1S/C34H51N3O13/c1-7-27(37-29(42)13-15-44-16-14-35-34(43)47-19-26-11-9-8-10-12-26)17-21(2)18-46-33-30(36-22(3)38)32(49-25(6)41)31(48-24(5)40)28(50-33)20-45-23(4)39/h8-12,21,27-28,30-33H,7,13-20H2,1-6H3,(H,35,43)(H,36,38)(H,37,42). The van der Waals surface area contributed by atoms with E-state index in [9.17, 15) is 28.8 Å². The highest BCUT2D eigenvalue weighted by atomic mass is 16.7. The molecule has 1 aromatic carbocycles. The molecular weight excluding hydrogens is 658 g/mol. The first-order chi connectivity index (χ1) is 23.8. The van der Waals surface area contributed by atoms with E-state index in [0.29, 0.717) is 12.8 Å². The summed E-state index contributed by atoms with van der Waals surface area (Å²) in [5.41, 5.74) is 0.877. The zero-order chi connectivity index (χ0) is 37.1. The van der Waals surface area contributed by atoms with Crippen LogP contribution in [0.3, 0.4) is 0 Å². The molecule has 7 atom stereocenters. The monoisotopic (exact) mass is 709 g/mol. The van der Waals surface area contributed by atoms with Crippen LogP contribution in [0.2, 0.25) is 0 Å². The maximum Gasteiger partial charge on any atom is 0.407 e. The summed E-state index contributed by atoms with van der Waals surface area (Å²) in [7, 11) is 0. The van der Waals surface area contributed by atoms with Crippen LogP contribution in [0, 0.1) is 5.92 Å². The van der Waals surface area contributed by atoms with E-state index in [2.05, 4.69) is 16.0 Å². The lowest BCUT2D eigenvalue weighted by atomic mass is 9.95. The van der Waals surface area contributed by atoms with E-state index in [1.54, 1.807) is 0 Å². The highest BCUT2D eigenvalue weighted by Crippen LogP contribution is 2.28. The molecule has 0 radical (unpaired) electrons. The fraction of sp³-hybridized carbons (Fsp3) is 0.647. The fourth-order valence-corrected chi connectivity index (χ4v) is 5.14. The van der Waals surface area contributed by atoms with Gasteiger partial charge in [0.15, 0.2) is 18.5 Å². The first-order valence-corrected chi connectivity index (χ1v) is 16.6. The van der Waals surface area contributed by atoms with Crippen molar-refractivity contribution < 1.29 is 61.9 Å². The van der Waals surface area contributed by atoms with Crippen molar-refractivity contribution in [3.63, 3.8) is 0 Å². The molecule has 50 heavy (non-hydrogen) atoms. The topological polar surface area (TPSA) is 203 Å². The van der Waals surface area contributed by atoms with Gasteiger partial charge in [0.25, 0.3) is 0 Å². The summed E-state index contributed by atoms with van der Waals surface area (Å²) in [5, 5.41) is 8.25. The first-order valence-electron chi connectivity index (χ1n) is 16.6. The molecule has 2 rings (SSSR count). The average Bonchev–Trinajstić information content (AvgIpc) is 3.05. The van der Waals surface area contributed by atoms with Crippen LogP contribution in [0.5, 0.6) is 0 Å². The number of ether oxygens (including phenoxy) is 7. The minimum absolute atomic E-state index is 0.113. The molecule has 16 nitrogen and oxygen atoms in total. The van der Waals surface area contributed by atoms with E-state index in [1.807, 2.05) is 44.2 Å². The van der Waals surface area contributed by atoms with Crippen molar-refractivity contribution in [1.29, 1.82) is 0 Å². The third kappa shape index (κ3) is 16.4. The molecule has 0 saturated carbocycles. The van der Waals surface area contributed by atoms with Gasteiger partial charge in [0.2, 0.25) is 11.8 Å². The van der Waals surface area contributed by atoms with Gasteiger partial charge in [0, 0.05) is 46.7 Å². The van der Waals surface area contributed by atoms with Crippen molar-refractivity contribution in [3.05, 3.63) is 35.9 Å². The van der Waals surface area contributed by atoms with Gasteiger partial charge in [-0.1, -0.05) is 44.2 Å². The second-order valence-corrected chi connectivity index (χ2v) is 11.9. The van der Waals surface area contributed by atoms with Crippen molar-refractivity contribution in [2.75, 3.05) is 33.0 Å². The van der Waals surface area contributed by atoms with Crippen LogP contribution in [0.15, 0.2) is 30.3 Å². The Balaban J connectivity index is 1.86. The molecule has 0 aromatic heterocycles. The zero-order valence-corrected chi connectivity index (χ0v) is 29.6. The van der Waals surface area contributed by atoms with Crippen LogP contribution in [-0.2, 0) is 63.7 Å². The number of hydrogen-bond acceptors (Lipinski definition) is 13. The highest BCUT2D eigenvalue weighted by Gasteiger charge is 2.51. The van der Waals surface area contributed by atoms with Crippen molar-refractivity contribution in [2.45, 2.75) is 104 Å². The predicted molar refractivity (Wildman–Crippen MR) is 176 cm³/mol. The second-order valence-electron chi connectivity index (χ2n) is 11.9. The number of benzene rings is 1. The van der Waals surface area contributed by atoms with Crippen molar-refractivity contribution in [2.24, 2.45) is 5.92 Å². The van der Waals surface area contributed by atoms with Gasteiger partial charge in [-0.05, 0) is 24.3 Å². The second kappa shape index (κ2) is 22.4. The number of esters is 3. The fourth-order valence-electron chi connectivity index (χ4n) is 5.14. The first kappa shape index (κ1) is 41.9. The summed E-state index contributed by atoms with van der Waals surface area (Å²) in [5.74, 6) is -2.81. The number of rotatable bonds is 20. The quantitative estimate of drug-likeness (QED) is 0.101. The molecule has 3 N–H and O–H groups in total.